The van der Waals surface area contributed by atoms with Crippen molar-refractivity contribution in [2.24, 2.45) is 0 Å². The maximum absolute atomic E-state index is 12.9. The number of rotatable bonds is 7. The van der Waals surface area contributed by atoms with Gasteiger partial charge in [0.05, 0.1) is 12.7 Å². The average Bonchev–Trinajstić information content (AvgIpc) is 3.53. The number of alkyl halides is 1. The number of carboxylic acid groups (broad SMARTS) is 1. The average molecular weight is 557 g/mol. The van der Waals surface area contributed by atoms with Gasteiger partial charge in [0, 0.05) is 33.8 Å². The molecule has 4 aromatic rings. The van der Waals surface area contributed by atoms with Crippen LogP contribution in [0.5, 0.6) is 0 Å². The number of carbonyl (C=O) groups is 3. The van der Waals surface area contributed by atoms with Gasteiger partial charge >= 0.3 is 5.97 Å². The van der Waals surface area contributed by atoms with Crippen LogP contribution in [-0.4, -0.2) is 56.3 Å². The molecule has 3 atom stereocenters. The molecule has 0 spiro atoms. The lowest BCUT2D eigenvalue weighted by Gasteiger charge is -2.53. The van der Waals surface area contributed by atoms with E-state index in [4.69, 9.17) is 20.4 Å². The molecule has 2 fully saturated rings. The van der Waals surface area contributed by atoms with Crippen molar-refractivity contribution in [1.29, 1.82) is 0 Å². The van der Waals surface area contributed by atoms with Crippen LogP contribution in [0.15, 0.2) is 68.5 Å². The lowest BCUT2D eigenvalue weighted by atomic mass is 10.0. The predicted octanol–water partition coefficient (Wildman–Crippen LogP) is 4.48. The number of benzene rings is 2. The Hall–Kier alpha value is -3.08. The Bertz CT molecular complexity index is 1540. The second-order valence-corrected chi connectivity index (χ2v) is 11.9. The highest BCUT2D eigenvalue weighted by molar-refractivity contribution is 8.05. The molecule has 37 heavy (non-hydrogen) atoms. The Balaban J connectivity index is 1.18. The number of aliphatic carboxylic acids is 1. The van der Waals surface area contributed by atoms with Crippen molar-refractivity contribution in [2.45, 2.75) is 33.4 Å². The zero-order valence-corrected chi connectivity index (χ0v) is 21.7. The fraction of sp³-hybridized carbons (Fsp3) is 0.269. The van der Waals surface area contributed by atoms with E-state index in [0.29, 0.717) is 17.2 Å². The Morgan fingerprint density at radius 3 is 2.70 bits per heavy atom. The van der Waals surface area contributed by atoms with Gasteiger partial charge in [0.15, 0.2) is 0 Å². The molecule has 0 bridgehead atoms. The number of β-lactam (4-membered cyclic amide) rings is 1. The molecule has 0 radical (unpaired) electrons. The highest BCUT2D eigenvalue weighted by Gasteiger charge is 2.58. The van der Waals surface area contributed by atoms with Gasteiger partial charge in [-0.1, -0.05) is 12.1 Å². The van der Waals surface area contributed by atoms with E-state index in [1.807, 2.05) is 36.4 Å². The molecule has 8 nitrogen and oxygen atoms in total. The van der Waals surface area contributed by atoms with Gasteiger partial charge in [-0.2, -0.15) is 0 Å². The molecule has 11 heteroatoms. The van der Waals surface area contributed by atoms with E-state index >= 15 is 0 Å². The largest absolute Gasteiger partial charge is 0.480 e. The summed E-state index contributed by atoms with van der Waals surface area (Å²) < 4.78 is 10.0. The van der Waals surface area contributed by atoms with Gasteiger partial charge in [0.1, 0.15) is 33.1 Å². The molecular weight excluding hydrogens is 536 g/mol. The van der Waals surface area contributed by atoms with Crippen molar-refractivity contribution in [3.63, 3.8) is 0 Å². The van der Waals surface area contributed by atoms with Crippen LogP contribution in [0.1, 0.15) is 11.3 Å². The summed E-state index contributed by atoms with van der Waals surface area (Å²) in [4.78, 5) is 40.0. The van der Waals surface area contributed by atoms with Crippen molar-refractivity contribution >= 4 is 74.8 Å². The molecule has 2 N–H and O–H groups in total. The van der Waals surface area contributed by atoms with E-state index in [1.165, 1.54) is 29.8 Å². The summed E-state index contributed by atoms with van der Waals surface area (Å²) in [6.07, 6.45) is 1.53. The Morgan fingerprint density at radius 2 is 1.97 bits per heavy atom. The van der Waals surface area contributed by atoms with Crippen LogP contribution < -0.4 is 5.32 Å². The molecule has 2 aliphatic rings. The number of furan rings is 2. The summed E-state index contributed by atoms with van der Waals surface area (Å²) in [5.74, 6) is -0.395. The second kappa shape index (κ2) is 9.34. The molecule has 4 heterocycles. The first kappa shape index (κ1) is 24.3. The van der Waals surface area contributed by atoms with Crippen LogP contribution in [0, 0.1) is 0 Å². The molecule has 0 aliphatic carbocycles. The van der Waals surface area contributed by atoms with Crippen molar-refractivity contribution in [3.8, 4) is 0 Å². The van der Waals surface area contributed by atoms with Gasteiger partial charge in [-0.3, -0.25) is 14.4 Å². The lowest BCUT2D eigenvalue weighted by molar-refractivity contribution is -0.152. The number of thioether (sulfide) groups is 2. The summed E-state index contributed by atoms with van der Waals surface area (Å²) in [6, 6.07) is 14.2. The quantitative estimate of drug-likeness (QED) is 0.253. The van der Waals surface area contributed by atoms with Crippen molar-refractivity contribution in [3.05, 3.63) is 66.1 Å². The molecule has 1 unspecified atom stereocenters. The molecule has 2 amide bonds. The topological polar surface area (TPSA) is 113 Å². The normalized spacial score (nSPS) is 23.2. The van der Waals surface area contributed by atoms with E-state index in [9.17, 15) is 19.5 Å². The third-order valence-corrected chi connectivity index (χ3v) is 10.00. The summed E-state index contributed by atoms with van der Waals surface area (Å²) in [5.41, 5.74) is 2.34. The fourth-order valence-electron chi connectivity index (χ4n) is 4.76. The predicted molar refractivity (Wildman–Crippen MR) is 142 cm³/mol. The molecule has 190 valence electrons. The molecule has 6 rings (SSSR count). The maximum atomic E-state index is 12.9. The van der Waals surface area contributed by atoms with Gasteiger partial charge in [-0.25, -0.2) is 0 Å². The number of carbonyl (C=O) groups excluding carboxylic acids is 2. The first-order valence-corrected chi connectivity index (χ1v) is 13.9. The van der Waals surface area contributed by atoms with Crippen molar-refractivity contribution in [1.82, 2.24) is 10.2 Å². The van der Waals surface area contributed by atoms with Crippen LogP contribution >= 0.6 is 35.1 Å². The summed E-state index contributed by atoms with van der Waals surface area (Å²) in [5, 5.41) is 14.6. The fourth-order valence-corrected chi connectivity index (χ4v) is 7.80. The van der Waals surface area contributed by atoms with Crippen LogP contribution in [-0.2, 0) is 26.7 Å². The number of amides is 2. The maximum Gasteiger partial charge on any atom is 0.322 e. The first-order valence-electron chi connectivity index (χ1n) is 11.5. The number of carboxylic acids is 1. The highest BCUT2D eigenvalue weighted by atomic mass is 35.5. The van der Waals surface area contributed by atoms with E-state index in [0.717, 1.165) is 26.8 Å². The molecule has 2 aromatic heterocycles. The monoisotopic (exact) mass is 556 g/mol. The molecule has 2 aliphatic heterocycles. The smallest absolute Gasteiger partial charge is 0.322 e. The minimum atomic E-state index is -1.23. The second-order valence-electron chi connectivity index (χ2n) is 9.09. The van der Waals surface area contributed by atoms with Gasteiger partial charge in [-0.15, -0.1) is 35.1 Å². The van der Waals surface area contributed by atoms with Gasteiger partial charge < -0.3 is 24.2 Å². The van der Waals surface area contributed by atoms with Gasteiger partial charge in [-0.05, 0) is 42.0 Å². The van der Waals surface area contributed by atoms with Crippen LogP contribution in [0.2, 0.25) is 0 Å². The van der Waals surface area contributed by atoms with Crippen molar-refractivity contribution < 1.29 is 28.3 Å². The molecular formula is C26H21ClN2O6S2. The zero-order chi connectivity index (χ0) is 25.7. The summed E-state index contributed by atoms with van der Waals surface area (Å²) in [6.45, 7) is 0.0469. The van der Waals surface area contributed by atoms with Gasteiger partial charge in [0.2, 0.25) is 11.8 Å². The number of nitrogens with zero attached hydrogens (tertiary/aromatic N) is 1. The SMILES string of the molecule is O=C(Cc1ccco1)N[C@@H]1C(=O)N2CC(Sc3ccc4c(c3)oc3cc(CCl)ccc34)(C(=O)O)CS[C@H]12. The van der Waals surface area contributed by atoms with Crippen molar-refractivity contribution in [2.75, 3.05) is 12.3 Å². The highest BCUT2D eigenvalue weighted by Crippen LogP contribution is 2.47. The Kier molecular flexibility index (Phi) is 6.13. The molecule has 2 aromatic carbocycles. The van der Waals surface area contributed by atoms with E-state index < -0.39 is 16.8 Å². The lowest BCUT2D eigenvalue weighted by Crippen LogP contribution is -2.74. The Labute approximate surface area is 224 Å². The standard InChI is InChI=1S/C26H21ClN2O6S2/c27-11-14-3-5-17-18-6-4-16(10-20(18)35-19(17)8-14)37-26(25(32)33)12-29-23(31)22(24(29)36-13-26)28-21(30)9-15-2-1-7-34-15/h1-8,10,22,24H,9,11-13H2,(H,28,30)(H,32,33)/t22-,24-,26?/m1/s1. The number of halogens is 1. The van der Waals surface area contributed by atoms with Crippen LogP contribution in [0.3, 0.4) is 0 Å². The number of hydrogen-bond donors (Lipinski definition) is 2. The van der Waals surface area contributed by atoms with E-state index in [1.54, 1.807) is 17.0 Å². The molecule has 2 saturated heterocycles. The summed E-state index contributed by atoms with van der Waals surface area (Å²) in [7, 11) is 0. The van der Waals surface area contributed by atoms with E-state index in [2.05, 4.69) is 5.32 Å². The minimum absolute atomic E-state index is 0.0422. The van der Waals surface area contributed by atoms with Crippen LogP contribution in [0.4, 0.5) is 0 Å². The van der Waals surface area contributed by atoms with Crippen LogP contribution in [0.25, 0.3) is 21.9 Å². The number of fused-ring (bicyclic) bond motifs is 4. The summed E-state index contributed by atoms with van der Waals surface area (Å²) >= 11 is 8.54. The van der Waals surface area contributed by atoms with Gasteiger partial charge in [0.25, 0.3) is 0 Å². The number of nitrogens with one attached hydrogen (secondary N) is 1. The first-order chi connectivity index (χ1) is 17.9. The van der Waals surface area contributed by atoms with E-state index in [-0.39, 0.29) is 35.9 Å². The number of hydrogen-bond acceptors (Lipinski definition) is 7. The Morgan fingerprint density at radius 1 is 1.19 bits per heavy atom. The molecule has 0 saturated carbocycles. The zero-order valence-electron chi connectivity index (χ0n) is 19.3. The minimum Gasteiger partial charge on any atom is -0.480 e. The third kappa shape index (κ3) is 4.26. The third-order valence-electron chi connectivity index (χ3n) is 6.65.